The number of carboxylic acids is 1. The summed E-state index contributed by atoms with van der Waals surface area (Å²) in [6, 6.07) is 2.41. The quantitative estimate of drug-likeness (QED) is 0.888. The van der Waals surface area contributed by atoms with Crippen LogP contribution in [-0.2, 0) is 25.7 Å². The molecule has 23 heavy (non-hydrogen) atoms. The van der Waals surface area contributed by atoms with E-state index in [0.29, 0.717) is 6.07 Å². The number of carbonyl (C=O) groups is 1. The van der Waals surface area contributed by atoms with Crippen LogP contribution in [0.1, 0.15) is 12.0 Å². The summed E-state index contributed by atoms with van der Waals surface area (Å²) in [4.78, 5) is 10.3. The summed E-state index contributed by atoms with van der Waals surface area (Å²) in [5, 5.41) is 8.84. The van der Waals surface area contributed by atoms with Gasteiger partial charge in [-0.05, 0) is 18.2 Å². The lowest BCUT2D eigenvalue weighted by atomic mass is 10.2. The van der Waals surface area contributed by atoms with Gasteiger partial charge in [0.2, 0.25) is 10.0 Å². The standard InChI is InChI=1S/C13H14F3NO5S/c14-13(15,16)9-2-1-3-11(6-9)23(20,21)17-4-5-22-8-10(17)7-12(18)19/h1-3,6,10H,4-5,7-8H2,(H,18,19). The smallest absolute Gasteiger partial charge is 0.416 e. The largest absolute Gasteiger partial charge is 0.481 e. The summed E-state index contributed by atoms with van der Waals surface area (Å²) in [6.45, 7) is -0.185. The van der Waals surface area contributed by atoms with E-state index in [4.69, 9.17) is 9.84 Å². The van der Waals surface area contributed by atoms with Crippen LogP contribution in [0.4, 0.5) is 13.2 Å². The average molecular weight is 353 g/mol. The van der Waals surface area contributed by atoms with Crippen LogP contribution in [0.15, 0.2) is 29.2 Å². The fourth-order valence-corrected chi connectivity index (χ4v) is 3.93. The van der Waals surface area contributed by atoms with Gasteiger partial charge in [-0.2, -0.15) is 17.5 Å². The number of hydrogen-bond acceptors (Lipinski definition) is 4. The second kappa shape index (κ2) is 6.46. The highest BCUT2D eigenvalue weighted by Gasteiger charge is 2.37. The molecule has 1 aliphatic rings. The van der Waals surface area contributed by atoms with Crippen LogP contribution < -0.4 is 0 Å². The van der Waals surface area contributed by atoms with Crippen molar-refractivity contribution < 1.29 is 36.2 Å². The second-order valence-corrected chi connectivity index (χ2v) is 6.86. The van der Waals surface area contributed by atoms with Crippen molar-refractivity contribution in [3.63, 3.8) is 0 Å². The van der Waals surface area contributed by atoms with E-state index in [2.05, 4.69) is 0 Å². The van der Waals surface area contributed by atoms with Crippen LogP contribution in [0.25, 0.3) is 0 Å². The molecule has 1 unspecified atom stereocenters. The highest BCUT2D eigenvalue weighted by Crippen LogP contribution is 2.31. The summed E-state index contributed by atoms with van der Waals surface area (Å²) in [6.07, 6.45) is -5.16. The van der Waals surface area contributed by atoms with Crippen molar-refractivity contribution in [1.29, 1.82) is 0 Å². The molecular formula is C13H14F3NO5S. The van der Waals surface area contributed by atoms with Gasteiger partial charge in [-0.1, -0.05) is 6.07 Å². The van der Waals surface area contributed by atoms with Crippen molar-refractivity contribution in [2.24, 2.45) is 0 Å². The Hall–Kier alpha value is -1.65. The number of alkyl halides is 3. The number of benzene rings is 1. The van der Waals surface area contributed by atoms with E-state index in [9.17, 15) is 26.4 Å². The van der Waals surface area contributed by atoms with Crippen LogP contribution in [0.5, 0.6) is 0 Å². The lowest BCUT2D eigenvalue weighted by molar-refractivity contribution is -0.139. The second-order valence-electron chi connectivity index (χ2n) is 4.97. The minimum absolute atomic E-state index is 0.0499. The number of carboxylic acid groups (broad SMARTS) is 1. The molecule has 1 aliphatic heterocycles. The highest BCUT2D eigenvalue weighted by atomic mass is 32.2. The van der Waals surface area contributed by atoms with Crippen LogP contribution >= 0.6 is 0 Å². The monoisotopic (exact) mass is 353 g/mol. The van der Waals surface area contributed by atoms with E-state index in [-0.39, 0.29) is 19.8 Å². The average Bonchev–Trinajstić information content (AvgIpc) is 2.46. The van der Waals surface area contributed by atoms with Gasteiger partial charge in [0.1, 0.15) is 0 Å². The maximum atomic E-state index is 12.7. The molecule has 1 heterocycles. The summed E-state index contributed by atoms with van der Waals surface area (Å²) in [7, 11) is -4.25. The predicted octanol–water partition coefficient (Wildman–Crippen LogP) is 1.57. The summed E-state index contributed by atoms with van der Waals surface area (Å²) >= 11 is 0. The zero-order valence-electron chi connectivity index (χ0n) is 11.8. The molecule has 1 N–H and O–H groups in total. The first kappa shape index (κ1) is 17.7. The molecule has 0 bridgehead atoms. The van der Waals surface area contributed by atoms with Gasteiger partial charge in [0.15, 0.2) is 0 Å². The van der Waals surface area contributed by atoms with Gasteiger partial charge in [-0.25, -0.2) is 8.42 Å². The fraction of sp³-hybridized carbons (Fsp3) is 0.462. The van der Waals surface area contributed by atoms with Crippen molar-refractivity contribution in [1.82, 2.24) is 4.31 Å². The van der Waals surface area contributed by atoms with Gasteiger partial charge < -0.3 is 9.84 Å². The Morgan fingerprint density at radius 2 is 2.09 bits per heavy atom. The van der Waals surface area contributed by atoms with Gasteiger partial charge >= 0.3 is 12.1 Å². The first-order chi connectivity index (χ1) is 10.6. The maximum Gasteiger partial charge on any atom is 0.416 e. The Morgan fingerprint density at radius 3 is 2.70 bits per heavy atom. The van der Waals surface area contributed by atoms with Gasteiger partial charge in [-0.3, -0.25) is 4.79 Å². The number of sulfonamides is 1. The molecular weight excluding hydrogens is 339 g/mol. The minimum Gasteiger partial charge on any atom is -0.481 e. The molecule has 6 nitrogen and oxygen atoms in total. The van der Waals surface area contributed by atoms with Crippen LogP contribution in [0.2, 0.25) is 0 Å². The SMILES string of the molecule is O=C(O)CC1COCCN1S(=O)(=O)c1cccc(C(F)(F)F)c1. The summed E-state index contributed by atoms with van der Waals surface area (Å²) in [5.41, 5.74) is -1.08. The normalized spacial score (nSPS) is 20.4. The van der Waals surface area contributed by atoms with E-state index >= 15 is 0 Å². The highest BCUT2D eigenvalue weighted by molar-refractivity contribution is 7.89. The fourth-order valence-electron chi connectivity index (χ4n) is 2.29. The molecule has 1 saturated heterocycles. The number of ether oxygens (including phenoxy) is 1. The Bertz CT molecular complexity index is 689. The third kappa shape index (κ3) is 4.01. The van der Waals surface area contributed by atoms with Gasteiger partial charge in [0.25, 0.3) is 0 Å². The zero-order chi connectivity index (χ0) is 17.3. The van der Waals surface area contributed by atoms with E-state index < -0.39 is 45.1 Å². The zero-order valence-corrected chi connectivity index (χ0v) is 12.6. The number of rotatable bonds is 4. The molecule has 0 aromatic heterocycles. The lowest BCUT2D eigenvalue weighted by Gasteiger charge is -2.33. The molecule has 1 aromatic rings. The third-order valence-corrected chi connectivity index (χ3v) is 5.30. The molecule has 128 valence electrons. The van der Waals surface area contributed by atoms with Crippen molar-refractivity contribution in [3.05, 3.63) is 29.8 Å². The number of halogens is 3. The molecule has 10 heteroatoms. The maximum absolute atomic E-state index is 12.7. The number of morpholine rings is 1. The molecule has 0 saturated carbocycles. The summed E-state index contributed by atoms with van der Waals surface area (Å²) in [5.74, 6) is -1.22. The molecule has 0 aliphatic carbocycles. The topological polar surface area (TPSA) is 83.9 Å². The Labute approximate surface area is 130 Å². The Balaban J connectivity index is 2.38. The first-order valence-corrected chi connectivity index (χ1v) is 8.05. The minimum atomic E-state index is -4.67. The number of aliphatic carboxylic acids is 1. The van der Waals surface area contributed by atoms with Crippen molar-refractivity contribution in [2.75, 3.05) is 19.8 Å². The first-order valence-electron chi connectivity index (χ1n) is 6.61. The van der Waals surface area contributed by atoms with Crippen molar-refractivity contribution >= 4 is 16.0 Å². The Kier molecular flexibility index (Phi) is 4.97. The predicted molar refractivity (Wildman–Crippen MR) is 72.2 cm³/mol. The van der Waals surface area contributed by atoms with Crippen LogP contribution in [0.3, 0.4) is 0 Å². The van der Waals surface area contributed by atoms with Crippen molar-refractivity contribution in [3.8, 4) is 0 Å². The third-order valence-electron chi connectivity index (χ3n) is 3.35. The van der Waals surface area contributed by atoms with E-state index in [1.807, 2.05) is 0 Å². The number of nitrogens with zero attached hydrogens (tertiary/aromatic N) is 1. The summed E-state index contributed by atoms with van der Waals surface area (Å²) < 4.78 is 69.3. The molecule has 1 aromatic carbocycles. The lowest BCUT2D eigenvalue weighted by Crippen LogP contribution is -2.49. The molecule has 1 atom stereocenters. The molecule has 0 amide bonds. The van der Waals surface area contributed by atoms with Crippen LogP contribution in [0, 0.1) is 0 Å². The van der Waals surface area contributed by atoms with Gasteiger partial charge in [-0.15, -0.1) is 0 Å². The van der Waals surface area contributed by atoms with Gasteiger partial charge in [0, 0.05) is 6.54 Å². The van der Waals surface area contributed by atoms with Crippen molar-refractivity contribution in [2.45, 2.75) is 23.5 Å². The molecule has 0 spiro atoms. The Morgan fingerprint density at radius 1 is 1.39 bits per heavy atom. The van der Waals surface area contributed by atoms with Gasteiger partial charge in [0.05, 0.1) is 36.1 Å². The van der Waals surface area contributed by atoms with E-state index in [1.54, 1.807) is 0 Å². The van der Waals surface area contributed by atoms with E-state index in [1.165, 1.54) is 0 Å². The molecule has 0 radical (unpaired) electrons. The number of hydrogen-bond donors (Lipinski definition) is 1. The van der Waals surface area contributed by atoms with E-state index in [0.717, 1.165) is 22.5 Å². The molecule has 1 fully saturated rings. The van der Waals surface area contributed by atoms with Crippen LogP contribution in [-0.4, -0.2) is 49.6 Å². The molecule has 2 rings (SSSR count).